The third-order valence-electron chi connectivity index (χ3n) is 4.43. The highest BCUT2D eigenvalue weighted by Crippen LogP contribution is 2.23. The highest BCUT2D eigenvalue weighted by atomic mass is 32.2. The normalized spacial score (nSPS) is 20.0. The third kappa shape index (κ3) is 3.46. The molecule has 0 unspecified atom stereocenters. The van der Waals surface area contributed by atoms with Gasteiger partial charge in [-0.25, -0.2) is 13.4 Å². The summed E-state index contributed by atoms with van der Waals surface area (Å²) in [4.78, 5) is 6.66. The van der Waals surface area contributed by atoms with Gasteiger partial charge >= 0.3 is 0 Å². The zero-order valence-electron chi connectivity index (χ0n) is 14.8. The van der Waals surface area contributed by atoms with Crippen molar-refractivity contribution in [3.8, 4) is 0 Å². The van der Waals surface area contributed by atoms with Crippen LogP contribution in [0.5, 0.6) is 0 Å². The number of hydrogen-bond acceptors (Lipinski definition) is 5. The van der Waals surface area contributed by atoms with Gasteiger partial charge in [-0.3, -0.25) is 4.40 Å². The van der Waals surface area contributed by atoms with Crippen molar-refractivity contribution >= 4 is 21.4 Å². The van der Waals surface area contributed by atoms with E-state index in [0.29, 0.717) is 32.1 Å². The van der Waals surface area contributed by atoms with E-state index in [2.05, 4.69) is 20.5 Å². The molecule has 0 spiro atoms. The Hall–Kier alpha value is -2.16. The molecule has 1 aliphatic heterocycles. The van der Waals surface area contributed by atoms with E-state index in [0.717, 1.165) is 11.5 Å². The van der Waals surface area contributed by atoms with Gasteiger partial charge in [0.05, 0.1) is 10.5 Å². The molecule has 1 N–H and O–H groups in total. The second-order valence-electron chi connectivity index (χ2n) is 6.72. The van der Waals surface area contributed by atoms with Gasteiger partial charge in [-0.1, -0.05) is 6.07 Å². The molecule has 2 aromatic heterocycles. The Morgan fingerprint density at radius 1 is 1.36 bits per heavy atom. The van der Waals surface area contributed by atoms with Crippen molar-refractivity contribution in [3.05, 3.63) is 30.2 Å². The summed E-state index contributed by atoms with van der Waals surface area (Å²) in [6.07, 6.45) is 1.91. The number of hydrogen-bond donors (Lipinski definition) is 1. The quantitative estimate of drug-likeness (QED) is 0.637. The van der Waals surface area contributed by atoms with Crippen molar-refractivity contribution in [3.63, 3.8) is 0 Å². The van der Waals surface area contributed by atoms with Crippen LogP contribution >= 0.6 is 0 Å². The summed E-state index contributed by atoms with van der Waals surface area (Å²) in [5.41, 5.74) is 0.780. The van der Waals surface area contributed by atoms with Crippen LogP contribution in [-0.2, 0) is 16.4 Å². The van der Waals surface area contributed by atoms with Crippen LogP contribution < -0.4 is 5.32 Å². The molecule has 0 bridgehead atoms. The second-order valence-corrected chi connectivity index (χ2v) is 9.46. The van der Waals surface area contributed by atoms with E-state index < -0.39 is 14.6 Å². The molecule has 9 heteroatoms. The fraction of sp³-hybridized carbons (Fsp3) is 0.562. The molecule has 8 nitrogen and oxygen atoms in total. The number of nitrogens with one attached hydrogen (secondary N) is 1. The Bertz CT molecular complexity index is 887. The van der Waals surface area contributed by atoms with E-state index in [1.807, 2.05) is 40.6 Å². The number of rotatable bonds is 3. The molecule has 1 aliphatic rings. The molecule has 25 heavy (non-hydrogen) atoms. The predicted octanol–water partition coefficient (Wildman–Crippen LogP) is 0.704. The van der Waals surface area contributed by atoms with Crippen LogP contribution in [-0.4, -0.2) is 64.0 Å². The molecule has 0 amide bonds. The standard InChI is InChI=1S/C16H24N6O2S/c1-4-17-15(21-9-10-25(23,24)16(2,3)12-21)18-11-14-20-19-13-7-5-6-8-22(13)14/h5-8H,4,9-12H2,1-3H3,(H,17,18). The van der Waals surface area contributed by atoms with Crippen LogP contribution in [0.3, 0.4) is 0 Å². The molecular formula is C16H24N6O2S. The van der Waals surface area contributed by atoms with Gasteiger partial charge in [-0.2, -0.15) is 0 Å². The second kappa shape index (κ2) is 6.62. The zero-order chi connectivity index (χ0) is 18.1. The van der Waals surface area contributed by atoms with E-state index in [9.17, 15) is 8.42 Å². The predicted molar refractivity (Wildman–Crippen MR) is 97.2 cm³/mol. The molecule has 0 aliphatic carbocycles. The number of aromatic nitrogens is 3. The first-order chi connectivity index (χ1) is 11.8. The summed E-state index contributed by atoms with van der Waals surface area (Å²) in [6, 6.07) is 5.73. The Kier molecular flexibility index (Phi) is 4.68. The molecule has 0 radical (unpaired) electrons. The first-order valence-electron chi connectivity index (χ1n) is 8.38. The SMILES string of the molecule is CCNC(=NCc1nnc2ccccn12)N1CCS(=O)(=O)C(C)(C)C1. The summed E-state index contributed by atoms with van der Waals surface area (Å²) in [5, 5.41) is 11.6. The largest absolute Gasteiger partial charge is 0.357 e. The average molecular weight is 364 g/mol. The highest BCUT2D eigenvalue weighted by molar-refractivity contribution is 7.92. The number of nitrogens with zero attached hydrogens (tertiary/aromatic N) is 5. The lowest BCUT2D eigenvalue weighted by atomic mass is 10.2. The summed E-state index contributed by atoms with van der Waals surface area (Å²) >= 11 is 0. The molecule has 1 saturated heterocycles. The third-order valence-corrected chi connectivity index (χ3v) is 6.97. The van der Waals surface area contributed by atoms with Gasteiger partial charge in [0.25, 0.3) is 0 Å². The number of pyridine rings is 1. The maximum atomic E-state index is 12.2. The highest BCUT2D eigenvalue weighted by Gasteiger charge is 2.40. The van der Waals surface area contributed by atoms with Gasteiger partial charge in [0, 0.05) is 25.8 Å². The molecule has 0 saturated carbocycles. The van der Waals surface area contributed by atoms with Crippen LogP contribution in [0.25, 0.3) is 5.65 Å². The maximum Gasteiger partial charge on any atom is 0.194 e. The van der Waals surface area contributed by atoms with E-state index >= 15 is 0 Å². The van der Waals surface area contributed by atoms with Crippen molar-refractivity contribution < 1.29 is 8.42 Å². The number of guanidine groups is 1. The van der Waals surface area contributed by atoms with Gasteiger partial charge in [-0.15, -0.1) is 10.2 Å². The van der Waals surface area contributed by atoms with E-state index in [1.54, 1.807) is 13.8 Å². The van der Waals surface area contributed by atoms with E-state index in [4.69, 9.17) is 0 Å². The summed E-state index contributed by atoms with van der Waals surface area (Å²) < 4.78 is 25.5. The Morgan fingerprint density at radius 3 is 2.88 bits per heavy atom. The minimum Gasteiger partial charge on any atom is -0.357 e. The Labute approximate surface area is 147 Å². The minimum atomic E-state index is -3.08. The van der Waals surface area contributed by atoms with Gasteiger partial charge in [0.15, 0.2) is 27.3 Å². The van der Waals surface area contributed by atoms with Crippen LogP contribution in [0.1, 0.15) is 26.6 Å². The van der Waals surface area contributed by atoms with Gasteiger partial charge in [0.2, 0.25) is 0 Å². The fourth-order valence-corrected chi connectivity index (χ4v) is 4.26. The molecule has 0 aromatic carbocycles. The van der Waals surface area contributed by atoms with Crippen LogP contribution in [0, 0.1) is 0 Å². The molecule has 3 heterocycles. The van der Waals surface area contributed by atoms with E-state index in [-0.39, 0.29) is 5.75 Å². The monoisotopic (exact) mass is 364 g/mol. The first-order valence-corrected chi connectivity index (χ1v) is 10.0. The van der Waals surface area contributed by atoms with Crippen molar-refractivity contribution in [2.24, 2.45) is 4.99 Å². The molecule has 136 valence electrons. The average Bonchev–Trinajstić information content (AvgIpc) is 2.97. The Balaban J connectivity index is 1.82. The molecule has 2 aromatic rings. The number of fused-ring (bicyclic) bond motifs is 1. The van der Waals surface area contributed by atoms with Gasteiger partial charge < -0.3 is 10.2 Å². The molecular weight excluding hydrogens is 340 g/mol. The maximum absolute atomic E-state index is 12.2. The number of sulfone groups is 1. The lowest BCUT2D eigenvalue weighted by Crippen LogP contribution is -2.57. The Morgan fingerprint density at radius 2 is 2.16 bits per heavy atom. The lowest BCUT2D eigenvalue weighted by molar-refractivity contribution is 0.353. The molecule has 1 fully saturated rings. The van der Waals surface area contributed by atoms with Crippen molar-refractivity contribution in [2.45, 2.75) is 32.1 Å². The van der Waals surface area contributed by atoms with Crippen molar-refractivity contribution in [1.29, 1.82) is 0 Å². The molecule has 0 atom stereocenters. The summed E-state index contributed by atoms with van der Waals surface area (Å²) in [5.74, 6) is 1.59. The van der Waals surface area contributed by atoms with Crippen LogP contribution in [0.4, 0.5) is 0 Å². The topological polar surface area (TPSA) is 92.0 Å². The fourth-order valence-electron chi connectivity index (χ4n) is 2.89. The van der Waals surface area contributed by atoms with Crippen molar-refractivity contribution in [1.82, 2.24) is 24.8 Å². The lowest BCUT2D eigenvalue weighted by Gasteiger charge is -2.39. The van der Waals surface area contributed by atoms with Crippen LogP contribution in [0.15, 0.2) is 29.4 Å². The number of aliphatic imine (C=N–C) groups is 1. The van der Waals surface area contributed by atoms with Gasteiger partial charge in [-0.05, 0) is 32.9 Å². The smallest absolute Gasteiger partial charge is 0.194 e. The molecule has 3 rings (SSSR count). The first kappa shape index (κ1) is 17.7. The van der Waals surface area contributed by atoms with Crippen LogP contribution in [0.2, 0.25) is 0 Å². The van der Waals surface area contributed by atoms with Crippen molar-refractivity contribution in [2.75, 3.05) is 25.4 Å². The summed E-state index contributed by atoms with van der Waals surface area (Å²) in [7, 11) is -3.08. The zero-order valence-corrected chi connectivity index (χ0v) is 15.6. The summed E-state index contributed by atoms with van der Waals surface area (Å²) in [6.45, 7) is 7.47. The van der Waals surface area contributed by atoms with E-state index in [1.165, 1.54) is 0 Å². The minimum absolute atomic E-state index is 0.137. The van der Waals surface area contributed by atoms with Gasteiger partial charge in [0.1, 0.15) is 6.54 Å².